The van der Waals surface area contributed by atoms with Crippen LogP contribution in [0.25, 0.3) is 0 Å². The van der Waals surface area contributed by atoms with Gasteiger partial charge in [-0.3, -0.25) is 4.79 Å². The van der Waals surface area contributed by atoms with Gasteiger partial charge in [-0.05, 0) is 24.3 Å². The van der Waals surface area contributed by atoms with Crippen molar-refractivity contribution in [1.82, 2.24) is 10.0 Å². The predicted octanol–water partition coefficient (Wildman–Crippen LogP) is -0.0899. The fourth-order valence-electron chi connectivity index (χ4n) is 2.21. The van der Waals surface area contributed by atoms with E-state index in [1.807, 2.05) is 0 Å². The molecule has 8 heteroatoms. The monoisotopic (exact) mass is 313 g/mol. The van der Waals surface area contributed by atoms with Crippen LogP contribution in [0.3, 0.4) is 0 Å². The summed E-state index contributed by atoms with van der Waals surface area (Å²) in [5.74, 6) is -0.205. The number of carbonyl (C=O) groups excluding carboxylic acids is 1. The lowest BCUT2D eigenvalue weighted by molar-refractivity contribution is -0.114. The van der Waals surface area contributed by atoms with Crippen molar-refractivity contribution in [3.63, 3.8) is 0 Å². The first-order valence-electron chi connectivity index (χ1n) is 6.56. The van der Waals surface area contributed by atoms with Crippen LogP contribution in [0.5, 0.6) is 0 Å². The van der Waals surface area contributed by atoms with Crippen molar-refractivity contribution in [2.24, 2.45) is 0 Å². The molecule has 0 spiro atoms. The molecule has 1 unspecified atom stereocenters. The highest BCUT2D eigenvalue weighted by atomic mass is 32.2. The molecule has 1 aliphatic rings. The standard InChI is InChI=1S/C13H19N3O4S/c1-9(17)15-10-3-5-11(6-4-10)21(18,19)16-12-7-14-8-13(12)20-2/h3-6,12-14,16H,7-8H2,1-2H3,(H,15,17)/t12?,13-/m0/s1. The number of carbonyl (C=O) groups is 1. The Hall–Kier alpha value is -1.48. The maximum atomic E-state index is 12.3. The molecule has 1 saturated heterocycles. The molecule has 1 heterocycles. The maximum Gasteiger partial charge on any atom is 0.240 e. The van der Waals surface area contributed by atoms with Crippen molar-refractivity contribution in [2.75, 3.05) is 25.5 Å². The molecule has 2 atom stereocenters. The van der Waals surface area contributed by atoms with E-state index in [4.69, 9.17) is 4.74 Å². The predicted molar refractivity (Wildman–Crippen MR) is 78.5 cm³/mol. The van der Waals surface area contributed by atoms with Crippen LogP contribution in [0, 0.1) is 0 Å². The molecule has 0 saturated carbocycles. The molecule has 1 amide bonds. The van der Waals surface area contributed by atoms with Crippen molar-refractivity contribution in [2.45, 2.75) is 24.0 Å². The molecule has 0 aromatic heterocycles. The van der Waals surface area contributed by atoms with Gasteiger partial charge in [0.2, 0.25) is 15.9 Å². The Balaban J connectivity index is 2.10. The lowest BCUT2D eigenvalue weighted by Gasteiger charge is -2.18. The number of benzene rings is 1. The fourth-order valence-corrected chi connectivity index (χ4v) is 3.47. The molecule has 116 valence electrons. The second-order valence-electron chi connectivity index (χ2n) is 4.87. The van der Waals surface area contributed by atoms with E-state index in [9.17, 15) is 13.2 Å². The molecule has 1 aromatic carbocycles. The fraction of sp³-hybridized carbons (Fsp3) is 0.462. The number of nitrogens with one attached hydrogen (secondary N) is 3. The van der Waals surface area contributed by atoms with Gasteiger partial charge < -0.3 is 15.4 Å². The second kappa shape index (κ2) is 6.52. The molecule has 21 heavy (non-hydrogen) atoms. The van der Waals surface area contributed by atoms with Crippen molar-refractivity contribution >= 4 is 21.6 Å². The Morgan fingerprint density at radius 3 is 2.52 bits per heavy atom. The average molecular weight is 313 g/mol. The number of hydrogen-bond donors (Lipinski definition) is 3. The molecule has 0 bridgehead atoms. The molecule has 2 rings (SSSR count). The van der Waals surface area contributed by atoms with Gasteiger partial charge in [0.15, 0.2) is 0 Å². The SMILES string of the molecule is CO[C@H]1CNCC1NS(=O)(=O)c1ccc(NC(C)=O)cc1. The molecule has 0 aliphatic carbocycles. The van der Waals surface area contributed by atoms with E-state index in [1.54, 1.807) is 19.2 Å². The summed E-state index contributed by atoms with van der Waals surface area (Å²) in [7, 11) is -2.06. The van der Waals surface area contributed by atoms with Crippen LogP contribution in [0.15, 0.2) is 29.2 Å². The molecular weight excluding hydrogens is 294 g/mol. The van der Waals surface area contributed by atoms with Crippen LogP contribution in [0.2, 0.25) is 0 Å². The Labute approximate surface area is 124 Å². The average Bonchev–Trinajstić information content (AvgIpc) is 2.85. The first kappa shape index (κ1) is 15.9. The van der Waals surface area contributed by atoms with Gasteiger partial charge in [-0.1, -0.05) is 0 Å². The van der Waals surface area contributed by atoms with Crippen LogP contribution in [0.1, 0.15) is 6.92 Å². The summed E-state index contributed by atoms with van der Waals surface area (Å²) in [6.07, 6.45) is -0.182. The summed E-state index contributed by atoms with van der Waals surface area (Å²) < 4.78 is 32.5. The first-order chi connectivity index (χ1) is 9.92. The minimum absolute atomic E-state index is 0.151. The van der Waals surface area contributed by atoms with Gasteiger partial charge in [-0.2, -0.15) is 0 Å². The molecule has 1 aliphatic heterocycles. The van der Waals surface area contributed by atoms with Crippen LogP contribution >= 0.6 is 0 Å². The van der Waals surface area contributed by atoms with E-state index < -0.39 is 10.0 Å². The lowest BCUT2D eigenvalue weighted by atomic mass is 10.2. The van der Waals surface area contributed by atoms with Crippen molar-refractivity contribution in [3.8, 4) is 0 Å². The van der Waals surface area contributed by atoms with Crippen LogP contribution in [-0.4, -0.2) is 46.7 Å². The van der Waals surface area contributed by atoms with Gasteiger partial charge in [0.1, 0.15) is 0 Å². The van der Waals surface area contributed by atoms with Crippen molar-refractivity contribution < 1.29 is 17.9 Å². The highest BCUT2D eigenvalue weighted by Crippen LogP contribution is 2.15. The third kappa shape index (κ3) is 4.01. The lowest BCUT2D eigenvalue weighted by Crippen LogP contribution is -2.43. The minimum Gasteiger partial charge on any atom is -0.378 e. The largest absolute Gasteiger partial charge is 0.378 e. The van der Waals surface area contributed by atoms with E-state index in [0.717, 1.165) is 0 Å². The molecular formula is C13H19N3O4S. The summed E-state index contributed by atoms with van der Waals surface area (Å²) in [4.78, 5) is 11.1. The smallest absolute Gasteiger partial charge is 0.240 e. The number of ether oxygens (including phenoxy) is 1. The van der Waals surface area contributed by atoms with Gasteiger partial charge in [0, 0.05) is 32.8 Å². The highest BCUT2D eigenvalue weighted by Gasteiger charge is 2.31. The van der Waals surface area contributed by atoms with Crippen LogP contribution < -0.4 is 15.4 Å². The third-order valence-electron chi connectivity index (χ3n) is 3.25. The quantitative estimate of drug-likeness (QED) is 0.706. The summed E-state index contributed by atoms with van der Waals surface area (Å²) in [5, 5.41) is 5.67. The normalized spacial score (nSPS) is 22.2. The van der Waals surface area contributed by atoms with E-state index in [2.05, 4.69) is 15.4 Å². The van der Waals surface area contributed by atoms with Gasteiger partial charge >= 0.3 is 0 Å². The minimum atomic E-state index is -3.61. The summed E-state index contributed by atoms with van der Waals surface area (Å²) in [5.41, 5.74) is 0.554. The zero-order valence-electron chi connectivity index (χ0n) is 11.9. The van der Waals surface area contributed by atoms with Gasteiger partial charge in [0.25, 0.3) is 0 Å². The Bertz CT molecular complexity index is 600. The Kier molecular flexibility index (Phi) is 4.94. The zero-order valence-corrected chi connectivity index (χ0v) is 12.7. The zero-order chi connectivity index (χ0) is 15.5. The molecule has 1 aromatic rings. The molecule has 7 nitrogen and oxygen atoms in total. The number of methoxy groups -OCH3 is 1. The number of anilines is 1. The first-order valence-corrected chi connectivity index (χ1v) is 8.04. The van der Waals surface area contributed by atoms with Gasteiger partial charge in [-0.25, -0.2) is 13.1 Å². The van der Waals surface area contributed by atoms with E-state index in [1.165, 1.54) is 19.1 Å². The summed E-state index contributed by atoms with van der Waals surface area (Å²) >= 11 is 0. The van der Waals surface area contributed by atoms with Crippen molar-refractivity contribution in [1.29, 1.82) is 0 Å². The maximum absolute atomic E-state index is 12.3. The number of sulfonamides is 1. The second-order valence-corrected chi connectivity index (χ2v) is 6.58. The van der Waals surface area contributed by atoms with E-state index in [0.29, 0.717) is 18.8 Å². The molecule has 0 radical (unpaired) electrons. The van der Waals surface area contributed by atoms with Crippen LogP contribution in [-0.2, 0) is 19.6 Å². The number of amides is 1. The topological polar surface area (TPSA) is 96.5 Å². The Morgan fingerprint density at radius 2 is 1.95 bits per heavy atom. The van der Waals surface area contributed by atoms with E-state index in [-0.39, 0.29) is 22.9 Å². The number of rotatable bonds is 5. The van der Waals surface area contributed by atoms with Gasteiger partial charge in [0.05, 0.1) is 17.0 Å². The summed E-state index contributed by atoms with van der Waals surface area (Å²) in [6.45, 7) is 2.54. The molecule has 3 N–H and O–H groups in total. The Morgan fingerprint density at radius 1 is 1.29 bits per heavy atom. The highest BCUT2D eigenvalue weighted by molar-refractivity contribution is 7.89. The van der Waals surface area contributed by atoms with Crippen LogP contribution in [0.4, 0.5) is 5.69 Å². The molecule has 1 fully saturated rings. The van der Waals surface area contributed by atoms with E-state index >= 15 is 0 Å². The third-order valence-corrected chi connectivity index (χ3v) is 4.76. The summed E-state index contributed by atoms with van der Waals surface area (Å²) in [6, 6.07) is 5.72. The van der Waals surface area contributed by atoms with Gasteiger partial charge in [-0.15, -0.1) is 0 Å². The number of hydrogen-bond acceptors (Lipinski definition) is 5. The van der Waals surface area contributed by atoms with Crippen molar-refractivity contribution in [3.05, 3.63) is 24.3 Å².